The first-order valence-electron chi connectivity index (χ1n) is 5.03. The number of nitro benzene ring substituents is 2. The topological polar surface area (TPSA) is 139 Å². The van der Waals surface area contributed by atoms with Crippen molar-refractivity contribution in [1.82, 2.24) is 0 Å². The second-order valence-corrected chi connectivity index (χ2v) is 3.40. The third kappa shape index (κ3) is 3.73. The van der Waals surface area contributed by atoms with Crippen LogP contribution in [0, 0.1) is 20.2 Å². The molecule has 0 radical (unpaired) electrons. The summed E-state index contributed by atoms with van der Waals surface area (Å²) in [6.45, 7) is -0.703. The number of esters is 2. The summed E-state index contributed by atoms with van der Waals surface area (Å²) in [6, 6.07) is 2.33. The summed E-state index contributed by atoms with van der Waals surface area (Å²) in [5, 5.41) is 21.2. The number of rotatable bonds is 5. The summed E-state index contributed by atoms with van der Waals surface area (Å²) in [4.78, 5) is 41.8. The summed E-state index contributed by atoms with van der Waals surface area (Å²) < 4.78 is 8.72. The van der Waals surface area contributed by atoms with Gasteiger partial charge in [-0.1, -0.05) is 0 Å². The quantitative estimate of drug-likeness (QED) is 0.440. The molecule has 0 N–H and O–H groups in total. The highest BCUT2D eigenvalue weighted by Gasteiger charge is 2.21. The van der Waals surface area contributed by atoms with Crippen molar-refractivity contribution < 1.29 is 28.9 Å². The van der Waals surface area contributed by atoms with Crippen molar-refractivity contribution in [2.24, 2.45) is 0 Å². The molecular weight excluding hydrogens is 276 g/mol. The highest BCUT2D eigenvalue weighted by atomic mass is 16.6. The average Bonchev–Trinajstić information content (AvgIpc) is 2.43. The third-order valence-corrected chi connectivity index (χ3v) is 2.11. The number of methoxy groups -OCH3 is 1. The molecule has 10 nitrogen and oxygen atoms in total. The van der Waals surface area contributed by atoms with Crippen LogP contribution < -0.4 is 0 Å². The fourth-order valence-corrected chi connectivity index (χ4v) is 1.19. The van der Waals surface area contributed by atoms with Gasteiger partial charge in [-0.05, 0) is 0 Å². The van der Waals surface area contributed by atoms with Gasteiger partial charge in [0.15, 0.2) is 6.61 Å². The van der Waals surface area contributed by atoms with Gasteiger partial charge in [0.25, 0.3) is 11.4 Å². The number of carbonyl (C=O) groups excluding carboxylic acids is 2. The Morgan fingerprint density at radius 3 is 2.00 bits per heavy atom. The average molecular weight is 284 g/mol. The number of benzene rings is 1. The van der Waals surface area contributed by atoms with Crippen LogP contribution >= 0.6 is 0 Å². The molecule has 0 unspecified atom stereocenters. The molecule has 106 valence electrons. The smallest absolute Gasteiger partial charge is 0.344 e. The third-order valence-electron chi connectivity index (χ3n) is 2.11. The van der Waals surface area contributed by atoms with Crippen molar-refractivity contribution in [2.75, 3.05) is 13.7 Å². The molecule has 0 aliphatic carbocycles. The summed E-state index contributed by atoms with van der Waals surface area (Å²) in [5.41, 5.74) is -1.68. The van der Waals surface area contributed by atoms with E-state index in [-0.39, 0.29) is 0 Å². The number of hydrogen-bond donors (Lipinski definition) is 0. The molecule has 0 fully saturated rings. The van der Waals surface area contributed by atoms with Crippen LogP contribution in [0.25, 0.3) is 0 Å². The second-order valence-electron chi connectivity index (χ2n) is 3.40. The van der Waals surface area contributed by atoms with Crippen molar-refractivity contribution >= 4 is 23.3 Å². The monoisotopic (exact) mass is 284 g/mol. The first kappa shape index (κ1) is 15.0. The molecule has 0 amide bonds. The predicted molar refractivity (Wildman–Crippen MR) is 62.0 cm³/mol. The molecule has 0 atom stereocenters. The Morgan fingerprint density at radius 2 is 1.60 bits per heavy atom. The first-order chi connectivity index (χ1) is 9.35. The molecule has 1 aromatic carbocycles. The van der Waals surface area contributed by atoms with Crippen molar-refractivity contribution in [3.8, 4) is 0 Å². The summed E-state index contributed by atoms with van der Waals surface area (Å²) in [6.07, 6.45) is 0. The molecule has 20 heavy (non-hydrogen) atoms. The minimum Gasteiger partial charge on any atom is -0.466 e. The fourth-order valence-electron chi connectivity index (χ4n) is 1.19. The van der Waals surface area contributed by atoms with E-state index < -0.39 is 45.3 Å². The van der Waals surface area contributed by atoms with Crippen LogP contribution in [0.3, 0.4) is 0 Å². The minimum atomic E-state index is -1.11. The van der Waals surface area contributed by atoms with E-state index in [9.17, 15) is 29.8 Å². The van der Waals surface area contributed by atoms with E-state index in [1.807, 2.05) is 0 Å². The standard InChI is InChI=1S/C10H8N2O8/c1-19-9(13)5-20-10(14)6-2-7(11(15)16)4-8(3-6)12(17)18/h2-4H,5H2,1H3. The van der Waals surface area contributed by atoms with Crippen LogP contribution in [-0.2, 0) is 14.3 Å². The van der Waals surface area contributed by atoms with Gasteiger partial charge >= 0.3 is 11.9 Å². The van der Waals surface area contributed by atoms with Crippen LogP contribution in [0.15, 0.2) is 18.2 Å². The van der Waals surface area contributed by atoms with Crippen LogP contribution in [0.4, 0.5) is 11.4 Å². The van der Waals surface area contributed by atoms with Gasteiger partial charge in [-0.15, -0.1) is 0 Å². The molecule has 10 heteroatoms. The second kappa shape index (κ2) is 6.22. The molecule has 0 saturated heterocycles. The Hall–Kier alpha value is -3.04. The number of nitrogens with zero attached hydrogens (tertiary/aromatic N) is 2. The summed E-state index contributed by atoms with van der Waals surface area (Å²) in [7, 11) is 1.08. The maximum Gasteiger partial charge on any atom is 0.344 e. The number of nitro groups is 2. The SMILES string of the molecule is COC(=O)COC(=O)c1cc([N+](=O)[O-])cc([N+](=O)[O-])c1. The number of ether oxygens (including phenoxy) is 2. The van der Waals surface area contributed by atoms with Gasteiger partial charge in [-0.3, -0.25) is 20.2 Å². The zero-order chi connectivity index (χ0) is 15.3. The van der Waals surface area contributed by atoms with Gasteiger partial charge in [-0.25, -0.2) is 9.59 Å². The highest BCUT2D eigenvalue weighted by molar-refractivity contribution is 5.92. The lowest BCUT2D eigenvalue weighted by Crippen LogP contribution is -2.15. The largest absolute Gasteiger partial charge is 0.466 e. The predicted octanol–water partition coefficient (Wildman–Crippen LogP) is 0.833. The number of carbonyl (C=O) groups is 2. The Morgan fingerprint density at radius 1 is 1.10 bits per heavy atom. The van der Waals surface area contributed by atoms with E-state index in [1.165, 1.54) is 0 Å². The van der Waals surface area contributed by atoms with E-state index in [2.05, 4.69) is 9.47 Å². The number of hydrogen-bond acceptors (Lipinski definition) is 8. The molecule has 1 rings (SSSR count). The van der Waals surface area contributed by atoms with Gasteiger partial charge < -0.3 is 9.47 Å². The van der Waals surface area contributed by atoms with Crippen molar-refractivity contribution in [2.45, 2.75) is 0 Å². The van der Waals surface area contributed by atoms with Crippen molar-refractivity contribution in [3.63, 3.8) is 0 Å². The van der Waals surface area contributed by atoms with Gasteiger partial charge in [0, 0.05) is 12.1 Å². The Balaban J connectivity index is 3.04. The molecule has 0 spiro atoms. The summed E-state index contributed by atoms with van der Waals surface area (Å²) in [5.74, 6) is -1.94. The van der Waals surface area contributed by atoms with Gasteiger partial charge in [0.2, 0.25) is 0 Å². The molecule has 0 aromatic heterocycles. The summed E-state index contributed by atoms with van der Waals surface area (Å²) >= 11 is 0. The molecule has 1 aromatic rings. The lowest BCUT2D eigenvalue weighted by Gasteiger charge is -2.03. The van der Waals surface area contributed by atoms with E-state index in [0.29, 0.717) is 6.07 Å². The molecule has 0 saturated carbocycles. The lowest BCUT2D eigenvalue weighted by molar-refractivity contribution is -0.394. The fraction of sp³-hybridized carbons (Fsp3) is 0.200. The zero-order valence-electron chi connectivity index (χ0n) is 10.1. The van der Waals surface area contributed by atoms with Crippen LogP contribution in [0.1, 0.15) is 10.4 Å². The lowest BCUT2D eigenvalue weighted by atomic mass is 10.2. The molecule has 0 aliphatic heterocycles. The van der Waals surface area contributed by atoms with Gasteiger partial charge in [0.1, 0.15) is 0 Å². The van der Waals surface area contributed by atoms with Crippen molar-refractivity contribution in [3.05, 3.63) is 44.0 Å². The Labute approximate surface area is 111 Å². The zero-order valence-corrected chi connectivity index (χ0v) is 10.1. The highest BCUT2D eigenvalue weighted by Crippen LogP contribution is 2.23. The maximum atomic E-state index is 11.5. The van der Waals surface area contributed by atoms with E-state index in [4.69, 9.17) is 0 Å². The van der Waals surface area contributed by atoms with Gasteiger partial charge in [-0.2, -0.15) is 0 Å². The van der Waals surface area contributed by atoms with E-state index in [1.54, 1.807) is 0 Å². The first-order valence-corrected chi connectivity index (χ1v) is 5.03. The molecule has 0 bridgehead atoms. The number of non-ortho nitro benzene ring substituents is 2. The van der Waals surface area contributed by atoms with Crippen LogP contribution in [0.5, 0.6) is 0 Å². The Kier molecular flexibility index (Phi) is 4.67. The normalized spacial score (nSPS) is 9.65. The Bertz CT molecular complexity index is 550. The molecule has 0 aliphatic rings. The van der Waals surface area contributed by atoms with E-state index in [0.717, 1.165) is 19.2 Å². The van der Waals surface area contributed by atoms with Crippen LogP contribution in [0.2, 0.25) is 0 Å². The molecular formula is C10H8N2O8. The maximum absolute atomic E-state index is 11.5. The van der Waals surface area contributed by atoms with Crippen molar-refractivity contribution in [1.29, 1.82) is 0 Å². The van der Waals surface area contributed by atoms with Crippen LogP contribution in [-0.4, -0.2) is 35.5 Å². The minimum absolute atomic E-state index is 0.408. The molecule has 0 heterocycles. The van der Waals surface area contributed by atoms with E-state index >= 15 is 0 Å². The van der Waals surface area contributed by atoms with Gasteiger partial charge in [0.05, 0.1) is 28.6 Å².